The molecule has 0 radical (unpaired) electrons. The quantitative estimate of drug-likeness (QED) is 0.722. The Hall–Kier alpha value is -0.810. The van der Waals surface area contributed by atoms with Gasteiger partial charge in [0.15, 0.2) is 0 Å². The third kappa shape index (κ3) is 4.14. The maximum atomic E-state index is 11.8. The molecule has 1 unspecified atom stereocenters. The first kappa shape index (κ1) is 17.2. The third-order valence-corrected chi connectivity index (χ3v) is 3.38. The van der Waals surface area contributed by atoms with Crippen molar-refractivity contribution in [2.75, 3.05) is 26.7 Å². The number of ether oxygens (including phenoxy) is 1. The fraction of sp³-hybridized carbons (Fsp3) is 0.833. The fourth-order valence-electron chi connectivity index (χ4n) is 1.70. The van der Waals surface area contributed by atoms with Crippen molar-refractivity contribution in [2.45, 2.75) is 20.8 Å². The van der Waals surface area contributed by atoms with E-state index < -0.39 is 5.41 Å². The van der Waals surface area contributed by atoms with Crippen molar-refractivity contribution < 1.29 is 14.3 Å². The number of carbonyl (C=O) groups excluding carboxylic acids is 2. The van der Waals surface area contributed by atoms with Gasteiger partial charge in [-0.15, -0.1) is 12.4 Å². The Morgan fingerprint density at radius 3 is 2.39 bits per heavy atom. The average molecular weight is 279 g/mol. The van der Waals surface area contributed by atoms with E-state index in [2.05, 4.69) is 15.4 Å². The van der Waals surface area contributed by atoms with E-state index in [9.17, 15) is 9.59 Å². The summed E-state index contributed by atoms with van der Waals surface area (Å²) >= 11 is 0. The van der Waals surface area contributed by atoms with E-state index in [-0.39, 0.29) is 30.2 Å². The summed E-state index contributed by atoms with van der Waals surface area (Å²) in [5.41, 5.74) is -0.679. The van der Waals surface area contributed by atoms with Crippen molar-refractivity contribution in [3.63, 3.8) is 0 Å². The highest BCUT2D eigenvalue weighted by Crippen LogP contribution is 2.18. The standard InChI is InChI=1S/C12H22N2O3.ClH/c1-8(9-5-13-6-9)10(15)14-7-12(2,3)11(16)17-4;/h8-9,13H,5-7H2,1-4H3,(H,14,15);1H. The molecule has 2 N–H and O–H groups in total. The number of esters is 1. The van der Waals surface area contributed by atoms with Crippen LogP contribution >= 0.6 is 12.4 Å². The van der Waals surface area contributed by atoms with Gasteiger partial charge >= 0.3 is 5.97 Å². The van der Waals surface area contributed by atoms with Crippen LogP contribution in [0.1, 0.15) is 20.8 Å². The molecule has 0 bridgehead atoms. The first-order chi connectivity index (χ1) is 7.88. The average Bonchev–Trinajstić information content (AvgIpc) is 2.22. The molecular formula is C12H23ClN2O3. The number of nitrogens with one attached hydrogen (secondary N) is 2. The van der Waals surface area contributed by atoms with Crippen LogP contribution in [0.2, 0.25) is 0 Å². The number of rotatable bonds is 5. The zero-order chi connectivity index (χ0) is 13.1. The zero-order valence-corrected chi connectivity index (χ0v) is 12.2. The van der Waals surface area contributed by atoms with Crippen molar-refractivity contribution in [2.24, 2.45) is 17.3 Å². The molecule has 6 heteroatoms. The SMILES string of the molecule is COC(=O)C(C)(C)CNC(=O)C(C)C1CNC1.Cl. The normalized spacial score (nSPS) is 17.1. The molecule has 18 heavy (non-hydrogen) atoms. The van der Waals surface area contributed by atoms with E-state index in [4.69, 9.17) is 0 Å². The molecule has 1 rings (SSSR count). The molecular weight excluding hydrogens is 256 g/mol. The largest absolute Gasteiger partial charge is 0.469 e. The monoisotopic (exact) mass is 278 g/mol. The van der Waals surface area contributed by atoms with Crippen molar-refractivity contribution in [1.82, 2.24) is 10.6 Å². The first-order valence-electron chi connectivity index (χ1n) is 5.95. The second kappa shape index (κ2) is 6.95. The Kier molecular flexibility index (Phi) is 6.63. The molecule has 1 amide bonds. The second-order valence-electron chi connectivity index (χ2n) is 5.30. The molecule has 1 saturated heterocycles. The van der Waals surface area contributed by atoms with Crippen LogP contribution in [-0.2, 0) is 14.3 Å². The predicted octanol–water partition coefficient (Wildman–Crippen LogP) is 0.579. The molecule has 0 aromatic rings. The minimum absolute atomic E-state index is 0. The van der Waals surface area contributed by atoms with E-state index in [1.807, 2.05) is 6.92 Å². The van der Waals surface area contributed by atoms with Crippen molar-refractivity contribution in [1.29, 1.82) is 0 Å². The molecule has 0 spiro atoms. The van der Waals surface area contributed by atoms with Crippen molar-refractivity contribution >= 4 is 24.3 Å². The molecule has 1 atom stereocenters. The Labute approximate surface area is 114 Å². The molecule has 5 nitrogen and oxygen atoms in total. The molecule has 1 aliphatic heterocycles. The highest BCUT2D eigenvalue weighted by Gasteiger charge is 2.32. The summed E-state index contributed by atoms with van der Waals surface area (Å²) in [5.74, 6) is 0.102. The van der Waals surface area contributed by atoms with Gasteiger partial charge in [0.1, 0.15) is 0 Å². The molecule has 1 heterocycles. The molecule has 1 aliphatic rings. The van der Waals surface area contributed by atoms with E-state index in [0.717, 1.165) is 13.1 Å². The van der Waals surface area contributed by atoms with Gasteiger partial charge in [-0.05, 0) is 32.9 Å². The summed E-state index contributed by atoms with van der Waals surface area (Å²) in [6, 6.07) is 0. The highest BCUT2D eigenvalue weighted by atomic mass is 35.5. The van der Waals surface area contributed by atoms with Gasteiger partial charge in [-0.1, -0.05) is 6.92 Å². The number of amides is 1. The minimum atomic E-state index is -0.679. The maximum Gasteiger partial charge on any atom is 0.313 e. The highest BCUT2D eigenvalue weighted by molar-refractivity contribution is 5.85. The fourth-order valence-corrected chi connectivity index (χ4v) is 1.70. The van der Waals surface area contributed by atoms with Crippen LogP contribution in [0.3, 0.4) is 0 Å². The van der Waals surface area contributed by atoms with Crippen LogP contribution in [0.4, 0.5) is 0 Å². The Morgan fingerprint density at radius 2 is 2.00 bits per heavy atom. The van der Waals surface area contributed by atoms with E-state index in [1.54, 1.807) is 13.8 Å². The summed E-state index contributed by atoms with van der Waals surface area (Å²) in [5, 5.41) is 5.96. The molecule has 0 saturated carbocycles. The lowest BCUT2D eigenvalue weighted by atomic mass is 9.87. The summed E-state index contributed by atoms with van der Waals surface area (Å²) in [6.07, 6.45) is 0. The van der Waals surface area contributed by atoms with Gasteiger partial charge in [-0.25, -0.2) is 0 Å². The van der Waals surface area contributed by atoms with Crippen molar-refractivity contribution in [3.05, 3.63) is 0 Å². The third-order valence-electron chi connectivity index (χ3n) is 3.38. The second-order valence-corrected chi connectivity index (χ2v) is 5.30. The van der Waals surface area contributed by atoms with Crippen LogP contribution in [0.25, 0.3) is 0 Å². The lowest BCUT2D eigenvalue weighted by Crippen LogP contribution is -2.51. The number of methoxy groups -OCH3 is 1. The van der Waals surface area contributed by atoms with E-state index >= 15 is 0 Å². The van der Waals surface area contributed by atoms with E-state index in [0.29, 0.717) is 12.5 Å². The minimum Gasteiger partial charge on any atom is -0.469 e. The van der Waals surface area contributed by atoms with Gasteiger partial charge in [0, 0.05) is 12.5 Å². The van der Waals surface area contributed by atoms with Crippen LogP contribution in [0.15, 0.2) is 0 Å². The smallest absolute Gasteiger partial charge is 0.313 e. The number of hydrogen-bond donors (Lipinski definition) is 2. The first-order valence-corrected chi connectivity index (χ1v) is 5.95. The molecule has 1 fully saturated rings. The predicted molar refractivity (Wildman–Crippen MR) is 71.6 cm³/mol. The number of halogens is 1. The maximum absolute atomic E-state index is 11.8. The van der Waals surface area contributed by atoms with Gasteiger partial charge in [0.2, 0.25) is 5.91 Å². The lowest BCUT2D eigenvalue weighted by molar-refractivity contribution is -0.150. The van der Waals surface area contributed by atoms with Crippen LogP contribution in [-0.4, -0.2) is 38.6 Å². The van der Waals surface area contributed by atoms with Crippen molar-refractivity contribution in [3.8, 4) is 0 Å². The van der Waals surface area contributed by atoms with Gasteiger partial charge in [-0.3, -0.25) is 9.59 Å². The summed E-state index contributed by atoms with van der Waals surface area (Å²) < 4.78 is 4.69. The van der Waals surface area contributed by atoms with Gasteiger partial charge < -0.3 is 15.4 Å². The van der Waals surface area contributed by atoms with Gasteiger partial charge in [0.25, 0.3) is 0 Å². The molecule has 106 valence electrons. The van der Waals surface area contributed by atoms with Crippen LogP contribution in [0.5, 0.6) is 0 Å². The summed E-state index contributed by atoms with van der Waals surface area (Å²) in [7, 11) is 1.36. The molecule has 0 aromatic carbocycles. The Balaban J connectivity index is 0.00000289. The Bertz CT molecular complexity index is 304. The zero-order valence-electron chi connectivity index (χ0n) is 11.4. The summed E-state index contributed by atoms with van der Waals surface area (Å²) in [4.78, 5) is 23.3. The molecule has 0 aromatic heterocycles. The summed E-state index contributed by atoms with van der Waals surface area (Å²) in [6.45, 7) is 7.54. The van der Waals surface area contributed by atoms with E-state index in [1.165, 1.54) is 7.11 Å². The van der Waals surface area contributed by atoms with Gasteiger partial charge in [-0.2, -0.15) is 0 Å². The lowest BCUT2D eigenvalue weighted by Gasteiger charge is -2.32. The Morgan fingerprint density at radius 1 is 1.44 bits per heavy atom. The van der Waals surface area contributed by atoms with Crippen LogP contribution in [0, 0.1) is 17.3 Å². The van der Waals surface area contributed by atoms with Crippen LogP contribution < -0.4 is 10.6 Å². The molecule has 0 aliphatic carbocycles. The number of hydrogen-bond acceptors (Lipinski definition) is 4. The topological polar surface area (TPSA) is 67.4 Å². The number of carbonyl (C=O) groups is 2. The van der Waals surface area contributed by atoms with Gasteiger partial charge in [0.05, 0.1) is 12.5 Å².